The zero-order chi connectivity index (χ0) is 35.2. The van der Waals surface area contributed by atoms with Crippen LogP contribution in [0.2, 0.25) is 0 Å². The maximum Gasteiger partial charge on any atom is 0.139 e. The van der Waals surface area contributed by atoms with E-state index in [4.69, 9.17) is 8.83 Å². The maximum atomic E-state index is 6.39. The molecule has 0 saturated carbocycles. The van der Waals surface area contributed by atoms with E-state index in [2.05, 4.69) is 160 Å². The molecular formula is C50H38O2. The third-order valence-corrected chi connectivity index (χ3v) is 10.4. The van der Waals surface area contributed by atoms with Gasteiger partial charge in [-0.05, 0) is 111 Å². The van der Waals surface area contributed by atoms with Gasteiger partial charge in [0.15, 0.2) is 0 Å². The normalized spacial score (nSPS) is 15.7. The van der Waals surface area contributed by atoms with Crippen molar-refractivity contribution in [3.8, 4) is 0 Å². The summed E-state index contributed by atoms with van der Waals surface area (Å²) in [5.41, 5.74) is 11.9. The van der Waals surface area contributed by atoms with Gasteiger partial charge in [-0.25, -0.2) is 0 Å². The summed E-state index contributed by atoms with van der Waals surface area (Å²) in [5.74, 6) is 0. The highest BCUT2D eigenvalue weighted by Gasteiger charge is 2.17. The van der Waals surface area contributed by atoms with Gasteiger partial charge < -0.3 is 8.83 Å². The van der Waals surface area contributed by atoms with Crippen molar-refractivity contribution in [2.45, 2.75) is 26.7 Å². The third-order valence-electron chi connectivity index (χ3n) is 10.4. The summed E-state index contributed by atoms with van der Waals surface area (Å²) in [7, 11) is 0. The van der Waals surface area contributed by atoms with Gasteiger partial charge in [-0.3, -0.25) is 0 Å². The zero-order valence-corrected chi connectivity index (χ0v) is 29.4. The summed E-state index contributed by atoms with van der Waals surface area (Å²) >= 11 is 0. The zero-order valence-electron chi connectivity index (χ0n) is 29.4. The third kappa shape index (κ3) is 5.63. The molecule has 10 rings (SSSR count). The fraction of sp³-hybridized carbons (Fsp3) is 0.0800. The Morgan fingerprint density at radius 1 is 0.538 bits per heavy atom. The highest BCUT2D eigenvalue weighted by atomic mass is 16.3. The lowest BCUT2D eigenvalue weighted by Crippen LogP contribution is -1.90. The van der Waals surface area contributed by atoms with E-state index in [0.717, 1.165) is 73.4 Å². The molecule has 0 aliphatic heterocycles. The Hall–Kier alpha value is -6.38. The Balaban J connectivity index is 0.000000200. The first kappa shape index (κ1) is 31.6. The summed E-state index contributed by atoms with van der Waals surface area (Å²) in [6.07, 6.45) is 12.8. The summed E-state index contributed by atoms with van der Waals surface area (Å²) in [6, 6.07) is 44.9. The summed E-state index contributed by atoms with van der Waals surface area (Å²) < 4.78 is 12.5. The fourth-order valence-electron chi connectivity index (χ4n) is 7.77. The van der Waals surface area contributed by atoms with Crippen LogP contribution < -0.4 is 0 Å². The summed E-state index contributed by atoms with van der Waals surface area (Å²) in [6.45, 7) is 8.63. The van der Waals surface area contributed by atoms with Crippen LogP contribution in [-0.4, -0.2) is 0 Å². The van der Waals surface area contributed by atoms with Gasteiger partial charge >= 0.3 is 0 Å². The number of hydrogen-bond acceptors (Lipinski definition) is 2. The molecule has 7 aromatic carbocycles. The molecular weight excluding hydrogens is 633 g/mol. The lowest BCUT2D eigenvalue weighted by Gasteiger charge is -2.12. The van der Waals surface area contributed by atoms with Crippen LogP contribution >= 0.6 is 0 Å². The summed E-state index contributed by atoms with van der Waals surface area (Å²) in [5, 5.41) is 9.89. The Morgan fingerprint density at radius 3 is 2.13 bits per heavy atom. The molecule has 0 atom stereocenters. The van der Waals surface area contributed by atoms with Crippen molar-refractivity contribution in [1.29, 1.82) is 0 Å². The lowest BCUT2D eigenvalue weighted by atomic mass is 9.92. The largest absolute Gasteiger partial charge is 0.456 e. The number of benzene rings is 7. The van der Waals surface area contributed by atoms with Crippen molar-refractivity contribution in [1.82, 2.24) is 0 Å². The maximum absolute atomic E-state index is 6.39. The highest BCUT2D eigenvalue weighted by molar-refractivity contribution is 6.16. The standard InChI is InChI=1S/C35H26O2.C15H12/c1-22-11-5-3-4-6-12-24(18-25-13-7-8-14-27(22)25)26-17-23(2)35-31(19-26)30-20-29-28-15-9-10-16-32(28)36-33(29)21-34(30)37-35;1-11-10-12-6-2-3-8-14(12)15-9-5-4-7-13(11)15/h3-5,7-11,13-21H,1,6,12H2,2H3;2-10H,1H3/b4-3-,11-5-,24-18-;. The van der Waals surface area contributed by atoms with Gasteiger partial charge in [0.25, 0.3) is 0 Å². The second kappa shape index (κ2) is 13.1. The lowest BCUT2D eigenvalue weighted by molar-refractivity contribution is 0.654. The van der Waals surface area contributed by atoms with Crippen molar-refractivity contribution >= 4 is 82.6 Å². The van der Waals surface area contributed by atoms with E-state index in [1.165, 1.54) is 43.8 Å². The van der Waals surface area contributed by atoms with Crippen LogP contribution in [0.25, 0.3) is 82.6 Å². The Labute approximate surface area is 303 Å². The van der Waals surface area contributed by atoms with Crippen LogP contribution in [0.5, 0.6) is 0 Å². The minimum absolute atomic E-state index is 0.855. The number of aryl methyl sites for hydroxylation is 2. The Bertz CT molecular complexity index is 2940. The fourth-order valence-corrected chi connectivity index (χ4v) is 7.77. The molecule has 2 heteroatoms. The number of furan rings is 2. The van der Waals surface area contributed by atoms with Gasteiger partial charge in [0.05, 0.1) is 0 Å². The van der Waals surface area contributed by atoms with Gasteiger partial charge in [-0.2, -0.15) is 0 Å². The molecule has 1 aliphatic carbocycles. The highest BCUT2D eigenvalue weighted by Crippen LogP contribution is 2.40. The second-order valence-corrected chi connectivity index (χ2v) is 13.8. The van der Waals surface area contributed by atoms with E-state index in [-0.39, 0.29) is 0 Å². The van der Waals surface area contributed by atoms with Crippen molar-refractivity contribution in [2.24, 2.45) is 0 Å². The molecule has 2 heterocycles. The molecule has 0 N–H and O–H groups in total. The number of hydrogen-bond donors (Lipinski definition) is 0. The van der Waals surface area contributed by atoms with Crippen LogP contribution in [-0.2, 0) is 0 Å². The Kier molecular flexibility index (Phi) is 7.94. The monoisotopic (exact) mass is 670 g/mol. The molecule has 0 radical (unpaired) electrons. The van der Waals surface area contributed by atoms with Gasteiger partial charge in [0.1, 0.15) is 22.3 Å². The topological polar surface area (TPSA) is 26.3 Å². The van der Waals surface area contributed by atoms with E-state index < -0.39 is 0 Å². The van der Waals surface area contributed by atoms with Crippen molar-refractivity contribution in [3.63, 3.8) is 0 Å². The van der Waals surface area contributed by atoms with Crippen molar-refractivity contribution in [3.05, 3.63) is 186 Å². The first-order valence-corrected chi connectivity index (χ1v) is 18.0. The molecule has 0 bridgehead atoms. The molecule has 2 nitrogen and oxygen atoms in total. The van der Waals surface area contributed by atoms with Crippen LogP contribution in [0.15, 0.2) is 167 Å². The number of para-hydroxylation sites is 1. The molecule has 0 amide bonds. The smallest absolute Gasteiger partial charge is 0.139 e. The van der Waals surface area contributed by atoms with Crippen molar-refractivity contribution < 1.29 is 8.83 Å². The first-order valence-electron chi connectivity index (χ1n) is 18.0. The van der Waals surface area contributed by atoms with E-state index in [0.29, 0.717) is 0 Å². The molecule has 0 fully saturated rings. The molecule has 0 spiro atoms. The molecule has 250 valence electrons. The summed E-state index contributed by atoms with van der Waals surface area (Å²) in [4.78, 5) is 0. The molecule has 9 aromatic rings. The molecule has 0 unspecified atom stereocenters. The van der Waals surface area contributed by atoms with Crippen LogP contribution in [0, 0.1) is 13.8 Å². The van der Waals surface area contributed by atoms with Crippen LogP contribution in [0.1, 0.15) is 40.7 Å². The van der Waals surface area contributed by atoms with E-state index in [1.807, 2.05) is 18.2 Å². The minimum Gasteiger partial charge on any atom is -0.456 e. The number of allylic oxidation sites excluding steroid dienone is 6. The molecule has 2 aromatic heterocycles. The van der Waals surface area contributed by atoms with Gasteiger partial charge in [0.2, 0.25) is 0 Å². The molecule has 52 heavy (non-hydrogen) atoms. The average Bonchev–Trinajstić information content (AvgIpc) is 3.72. The van der Waals surface area contributed by atoms with Gasteiger partial charge in [-0.15, -0.1) is 0 Å². The first-order chi connectivity index (χ1) is 25.5. The number of rotatable bonds is 1. The van der Waals surface area contributed by atoms with E-state index >= 15 is 0 Å². The van der Waals surface area contributed by atoms with E-state index in [1.54, 1.807) is 0 Å². The molecule has 1 aliphatic rings. The predicted octanol–water partition coefficient (Wildman–Crippen LogP) is 14.6. The van der Waals surface area contributed by atoms with Gasteiger partial charge in [-0.1, -0.05) is 134 Å². The van der Waals surface area contributed by atoms with E-state index in [9.17, 15) is 0 Å². The predicted molar refractivity (Wildman–Crippen MR) is 223 cm³/mol. The SMILES string of the molecule is C=C1/C=C\C=C/CC/C(c2cc(C)c3oc4cc5oc6ccccc6c5cc4c3c2)=C/c2ccccc21.Cc1cc2ccccc2c2ccccc12. The minimum atomic E-state index is 0.855. The van der Waals surface area contributed by atoms with Gasteiger partial charge in [0, 0.05) is 27.6 Å². The Morgan fingerprint density at radius 2 is 1.25 bits per heavy atom. The average molecular weight is 671 g/mol. The molecule has 0 saturated heterocycles. The van der Waals surface area contributed by atoms with Crippen LogP contribution in [0.4, 0.5) is 0 Å². The number of fused-ring (bicyclic) bond motifs is 10. The van der Waals surface area contributed by atoms with Crippen LogP contribution in [0.3, 0.4) is 0 Å². The quantitative estimate of drug-likeness (QED) is 0.163. The second-order valence-electron chi connectivity index (χ2n) is 13.8. The van der Waals surface area contributed by atoms with Crippen molar-refractivity contribution in [2.75, 3.05) is 0 Å².